The van der Waals surface area contributed by atoms with Crippen LogP contribution in [0.2, 0.25) is 0 Å². The van der Waals surface area contributed by atoms with Crippen LogP contribution >= 0.6 is 24.0 Å². The van der Waals surface area contributed by atoms with Crippen LogP contribution in [-0.4, -0.2) is 57.8 Å². The molecule has 7 heteroatoms. The summed E-state index contributed by atoms with van der Waals surface area (Å²) in [6, 6.07) is 5.82. The average molecular weight is 514 g/mol. The van der Waals surface area contributed by atoms with Crippen molar-refractivity contribution in [3.05, 3.63) is 23.8 Å². The fourth-order valence-electron chi connectivity index (χ4n) is 3.26. The maximum absolute atomic E-state index is 5.56. The van der Waals surface area contributed by atoms with Gasteiger partial charge in [0.25, 0.3) is 0 Å². The Morgan fingerprint density at radius 1 is 1.28 bits per heavy atom. The van der Waals surface area contributed by atoms with Gasteiger partial charge < -0.3 is 25.0 Å². The van der Waals surface area contributed by atoms with Gasteiger partial charge in [0.05, 0.1) is 7.11 Å². The first-order valence-electron chi connectivity index (χ1n) is 10.1. The summed E-state index contributed by atoms with van der Waals surface area (Å²) >= 11 is 0. The smallest absolute Gasteiger partial charge is 0.191 e. The standard InChI is InChI=1S/C22H34N4O2.HI/c1-5-15-28-21-16-19(7-8-20(21)27-4)17-25-22(23-3)24-11-6-12-26-13-9-18(2)10-14-26;/h1,7-8,16,18H,6,9-15,17H2,2-4H3,(H2,23,24,25);1H. The highest BCUT2D eigenvalue weighted by Gasteiger charge is 2.14. The summed E-state index contributed by atoms with van der Waals surface area (Å²) in [6.45, 7) is 7.72. The van der Waals surface area contributed by atoms with Gasteiger partial charge in [-0.2, -0.15) is 0 Å². The van der Waals surface area contributed by atoms with Crippen LogP contribution in [0.15, 0.2) is 23.2 Å². The number of nitrogens with one attached hydrogen (secondary N) is 2. The third-order valence-electron chi connectivity index (χ3n) is 5.04. The Morgan fingerprint density at radius 3 is 2.69 bits per heavy atom. The predicted molar refractivity (Wildman–Crippen MR) is 130 cm³/mol. The Labute approximate surface area is 192 Å². The molecule has 0 unspecified atom stereocenters. The molecule has 2 rings (SSSR count). The van der Waals surface area contributed by atoms with E-state index in [1.165, 1.54) is 25.9 Å². The van der Waals surface area contributed by atoms with Gasteiger partial charge in [0, 0.05) is 20.1 Å². The molecule has 1 aromatic carbocycles. The van der Waals surface area contributed by atoms with Crippen molar-refractivity contribution in [3.8, 4) is 23.8 Å². The van der Waals surface area contributed by atoms with Gasteiger partial charge in [-0.3, -0.25) is 4.99 Å². The number of nitrogens with zero attached hydrogens (tertiary/aromatic N) is 2. The predicted octanol–water partition coefficient (Wildman–Crippen LogP) is 3.11. The largest absolute Gasteiger partial charge is 0.493 e. The summed E-state index contributed by atoms with van der Waals surface area (Å²) in [4.78, 5) is 6.86. The van der Waals surface area contributed by atoms with E-state index in [1.807, 2.05) is 18.2 Å². The molecule has 29 heavy (non-hydrogen) atoms. The second kappa shape index (κ2) is 14.3. The maximum Gasteiger partial charge on any atom is 0.191 e. The van der Waals surface area contributed by atoms with Crippen LogP contribution in [-0.2, 0) is 6.54 Å². The Hall–Kier alpha value is -1.66. The molecule has 0 saturated carbocycles. The molecule has 0 bridgehead atoms. The molecule has 1 fully saturated rings. The monoisotopic (exact) mass is 514 g/mol. The fraction of sp³-hybridized carbons (Fsp3) is 0.591. The van der Waals surface area contributed by atoms with Gasteiger partial charge in [-0.15, -0.1) is 30.4 Å². The molecule has 0 amide bonds. The van der Waals surface area contributed by atoms with Crippen molar-refractivity contribution >= 4 is 29.9 Å². The van der Waals surface area contributed by atoms with E-state index in [4.69, 9.17) is 15.9 Å². The zero-order valence-corrected chi connectivity index (χ0v) is 20.2. The van der Waals surface area contributed by atoms with Gasteiger partial charge in [-0.05, 0) is 62.5 Å². The van der Waals surface area contributed by atoms with Crippen LogP contribution in [0.1, 0.15) is 31.7 Å². The Bertz CT molecular complexity index is 667. The van der Waals surface area contributed by atoms with Gasteiger partial charge in [-0.1, -0.05) is 18.9 Å². The summed E-state index contributed by atoms with van der Waals surface area (Å²) in [6.07, 6.45) is 9.04. The first kappa shape index (κ1) is 25.4. The molecule has 0 aliphatic carbocycles. The van der Waals surface area contributed by atoms with Crippen molar-refractivity contribution in [2.45, 2.75) is 32.7 Å². The lowest BCUT2D eigenvalue weighted by atomic mass is 9.99. The molecule has 0 spiro atoms. The normalized spacial score (nSPS) is 15.2. The van der Waals surface area contributed by atoms with Crippen molar-refractivity contribution in [2.24, 2.45) is 10.9 Å². The van der Waals surface area contributed by atoms with Gasteiger partial charge in [0.1, 0.15) is 6.61 Å². The summed E-state index contributed by atoms with van der Waals surface area (Å²) in [5, 5.41) is 6.73. The molecular weight excluding hydrogens is 479 g/mol. The Kier molecular flexibility index (Phi) is 12.6. The minimum Gasteiger partial charge on any atom is -0.493 e. The molecule has 6 nitrogen and oxygen atoms in total. The molecule has 0 radical (unpaired) electrons. The molecular formula is C22H35IN4O2. The lowest BCUT2D eigenvalue weighted by Gasteiger charge is -2.30. The fourth-order valence-corrected chi connectivity index (χ4v) is 3.26. The third-order valence-corrected chi connectivity index (χ3v) is 5.04. The average Bonchev–Trinajstić information content (AvgIpc) is 2.73. The lowest BCUT2D eigenvalue weighted by molar-refractivity contribution is 0.191. The molecule has 1 aliphatic rings. The Morgan fingerprint density at radius 2 is 2.03 bits per heavy atom. The number of rotatable bonds is 9. The van der Waals surface area contributed by atoms with Crippen LogP contribution in [0.3, 0.4) is 0 Å². The van der Waals surface area contributed by atoms with E-state index in [2.05, 4.69) is 33.4 Å². The number of hydrogen-bond acceptors (Lipinski definition) is 4. The minimum absolute atomic E-state index is 0. The molecule has 162 valence electrons. The van der Waals surface area contributed by atoms with E-state index in [9.17, 15) is 0 Å². The zero-order valence-electron chi connectivity index (χ0n) is 17.9. The van der Waals surface area contributed by atoms with Crippen LogP contribution in [0, 0.1) is 18.3 Å². The second-order valence-corrected chi connectivity index (χ2v) is 7.21. The molecule has 1 aliphatic heterocycles. The zero-order chi connectivity index (χ0) is 20.2. The van der Waals surface area contributed by atoms with Crippen LogP contribution in [0.4, 0.5) is 0 Å². The van der Waals surface area contributed by atoms with Crippen molar-refractivity contribution in [1.82, 2.24) is 15.5 Å². The SMILES string of the molecule is C#CCOc1cc(CNC(=NC)NCCCN2CCC(C)CC2)ccc1OC.I. The summed E-state index contributed by atoms with van der Waals surface area (Å²) in [5.41, 5.74) is 1.07. The first-order chi connectivity index (χ1) is 13.7. The number of likely N-dealkylation sites (tertiary alicyclic amines) is 1. The van der Waals surface area contributed by atoms with Crippen molar-refractivity contribution in [3.63, 3.8) is 0 Å². The van der Waals surface area contributed by atoms with E-state index in [0.717, 1.165) is 37.0 Å². The minimum atomic E-state index is 0. The number of guanidine groups is 1. The van der Waals surface area contributed by atoms with Crippen LogP contribution < -0.4 is 20.1 Å². The van der Waals surface area contributed by atoms with E-state index in [0.29, 0.717) is 18.0 Å². The lowest BCUT2D eigenvalue weighted by Crippen LogP contribution is -2.39. The number of hydrogen-bond donors (Lipinski definition) is 2. The van der Waals surface area contributed by atoms with Crippen molar-refractivity contribution in [1.29, 1.82) is 0 Å². The second-order valence-electron chi connectivity index (χ2n) is 7.21. The number of methoxy groups -OCH3 is 1. The highest BCUT2D eigenvalue weighted by Crippen LogP contribution is 2.27. The molecule has 2 N–H and O–H groups in total. The van der Waals surface area contributed by atoms with Gasteiger partial charge >= 0.3 is 0 Å². The quantitative estimate of drug-likeness (QED) is 0.175. The molecule has 0 atom stereocenters. The van der Waals surface area contributed by atoms with E-state index in [1.54, 1.807) is 14.2 Å². The number of benzene rings is 1. The number of ether oxygens (including phenoxy) is 2. The number of terminal acetylenes is 1. The molecule has 0 aromatic heterocycles. The third kappa shape index (κ3) is 9.13. The maximum atomic E-state index is 5.56. The van der Waals surface area contributed by atoms with Gasteiger partial charge in [0.2, 0.25) is 0 Å². The number of piperidine rings is 1. The van der Waals surface area contributed by atoms with E-state index < -0.39 is 0 Å². The Balaban J connectivity index is 0.00000420. The topological polar surface area (TPSA) is 58.1 Å². The first-order valence-corrected chi connectivity index (χ1v) is 10.1. The van der Waals surface area contributed by atoms with E-state index in [-0.39, 0.29) is 30.6 Å². The number of aliphatic imine (C=N–C) groups is 1. The highest BCUT2D eigenvalue weighted by molar-refractivity contribution is 14.0. The van der Waals surface area contributed by atoms with Gasteiger partial charge in [-0.25, -0.2) is 0 Å². The number of halogens is 1. The van der Waals surface area contributed by atoms with Gasteiger partial charge in [0.15, 0.2) is 17.5 Å². The van der Waals surface area contributed by atoms with Crippen LogP contribution in [0.5, 0.6) is 11.5 Å². The molecule has 1 aromatic rings. The highest BCUT2D eigenvalue weighted by atomic mass is 127. The van der Waals surface area contributed by atoms with Crippen molar-refractivity contribution in [2.75, 3.05) is 46.9 Å². The summed E-state index contributed by atoms with van der Waals surface area (Å²) in [7, 11) is 3.41. The summed E-state index contributed by atoms with van der Waals surface area (Å²) < 4.78 is 10.9. The summed E-state index contributed by atoms with van der Waals surface area (Å²) in [5.74, 6) is 5.48. The van der Waals surface area contributed by atoms with E-state index >= 15 is 0 Å². The van der Waals surface area contributed by atoms with Crippen LogP contribution in [0.25, 0.3) is 0 Å². The molecule has 1 saturated heterocycles. The van der Waals surface area contributed by atoms with Crippen molar-refractivity contribution < 1.29 is 9.47 Å². The molecule has 1 heterocycles.